The van der Waals surface area contributed by atoms with E-state index in [1.54, 1.807) is 30.9 Å². The second-order valence-electron chi connectivity index (χ2n) is 4.94. The smallest absolute Gasteiger partial charge is 0.172 e. The minimum Gasteiger partial charge on any atom is -0.503 e. The van der Waals surface area contributed by atoms with Crippen molar-refractivity contribution in [3.05, 3.63) is 65.2 Å². The van der Waals surface area contributed by atoms with Gasteiger partial charge in [-0.1, -0.05) is 0 Å². The van der Waals surface area contributed by atoms with E-state index in [-0.39, 0.29) is 5.75 Å². The molecule has 0 atom stereocenters. The van der Waals surface area contributed by atoms with Gasteiger partial charge in [-0.3, -0.25) is 5.43 Å². The van der Waals surface area contributed by atoms with Crippen molar-refractivity contribution in [1.82, 2.24) is 9.55 Å². The van der Waals surface area contributed by atoms with Crippen LogP contribution >= 0.6 is 15.9 Å². The number of benzene rings is 2. The second kappa shape index (κ2) is 7.18. The number of hydrogen-bond acceptors (Lipinski definition) is 5. The number of methoxy groups -OCH3 is 1. The van der Waals surface area contributed by atoms with Crippen LogP contribution in [0.4, 0.5) is 5.69 Å². The van der Waals surface area contributed by atoms with Crippen LogP contribution in [0.15, 0.2) is 64.7 Å². The van der Waals surface area contributed by atoms with Crippen molar-refractivity contribution in [2.75, 3.05) is 12.5 Å². The first-order valence-electron chi connectivity index (χ1n) is 7.11. The highest BCUT2D eigenvalue weighted by atomic mass is 79.9. The zero-order valence-electron chi connectivity index (χ0n) is 12.8. The number of phenols is 1. The lowest BCUT2D eigenvalue weighted by Gasteiger charge is -2.06. The van der Waals surface area contributed by atoms with Gasteiger partial charge in [0.2, 0.25) is 0 Å². The summed E-state index contributed by atoms with van der Waals surface area (Å²) in [7, 11) is 1.50. The van der Waals surface area contributed by atoms with E-state index < -0.39 is 0 Å². The molecular formula is C17H15BrN4O2. The number of phenolic OH excluding ortho intramolecular Hbond substituents is 1. The monoisotopic (exact) mass is 386 g/mol. The summed E-state index contributed by atoms with van der Waals surface area (Å²) in [6.07, 6.45) is 7.02. The van der Waals surface area contributed by atoms with Crippen LogP contribution in [0.25, 0.3) is 5.69 Å². The Labute approximate surface area is 147 Å². The number of anilines is 1. The Balaban J connectivity index is 1.69. The average Bonchev–Trinajstić information content (AvgIpc) is 3.13. The van der Waals surface area contributed by atoms with E-state index in [4.69, 9.17) is 4.74 Å². The molecule has 0 saturated heterocycles. The van der Waals surface area contributed by atoms with Gasteiger partial charge >= 0.3 is 0 Å². The highest BCUT2D eigenvalue weighted by Crippen LogP contribution is 2.34. The first-order valence-corrected chi connectivity index (χ1v) is 7.90. The molecule has 0 unspecified atom stereocenters. The van der Waals surface area contributed by atoms with Crippen LogP contribution in [-0.4, -0.2) is 28.0 Å². The molecule has 0 aliphatic rings. The predicted octanol–water partition coefficient (Wildman–Crippen LogP) is 3.80. The van der Waals surface area contributed by atoms with Crippen LogP contribution in [-0.2, 0) is 0 Å². The van der Waals surface area contributed by atoms with Crippen LogP contribution < -0.4 is 10.2 Å². The number of nitrogens with one attached hydrogen (secondary N) is 1. The third-order valence-electron chi connectivity index (χ3n) is 3.35. The molecule has 3 aromatic rings. The van der Waals surface area contributed by atoms with Gasteiger partial charge in [-0.15, -0.1) is 0 Å². The number of nitrogens with zero attached hydrogens (tertiary/aromatic N) is 3. The third-order valence-corrected chi connectivity index (χ3v) is 3.95. The summed E-state index contributed by atoms with van der Waals surface area (Å²) >= 11 is 3.28. The molecule has 7 heteroatoms. The van der Waals surface area contributed by atoms with Crippen molar-refractivity contribution < 1.29 is 9.84 Å². The molecule has 0 bridgehead atoms. The van der Waals surface area contributed by atoms with Crippen molar-refractivity contribution in [2.45, 2.75) is 0 Å². The number of hydrazone groups is 1. The van der Waals surface area contributed by atoms with E-state index in [2.05, 4.69) is 31.4 Å². The Morgan fingerprint density at radius 2 is 2.08 bits per heavy atom. The zero-order valence-corrected chi connectivity index (χ0v) is 14.4. The van der Waals surface area contributed by atoms with Crippen LogP contribution in [0.5, 0.6) is 11.5 Å². The fourth-order valence-electron chi connectivity index (χ4n) is 2.13. The number of aromatic hydroxyl groups is 1. The van der Waals surface area contributed by atoms with Gasteiger partial charge in [0.25, 0.3) is 0 Å². The molecule has 0 fully saturated rings. The summed E-state index contributed by atoms with van der Waals surface area (Å²) in [6, 6.07) is 11.3. The fraction of sp³-hybridized carbons (Fsp3) is 0.0588. The molecule has 2 N–H and O–H groups in total. The molecule has 0 spiro atoms. The summed E-state index contributed by atoms with van der Waals surface area (Å²) in [6.45, 7) is 0. The first kappa shape index (κ1) is 16.1. The van der Waals surface area contributed by atoms with Crippen molar-refractivity contribution in [3.8, 4) is 17.2 Å². The molecule has 1 aromatic heterocycles. The number of imidazole rings is 1. The van der Waals surface area contributed by atoms with Crippen LogP contribution in [0.1, 0.15) is 5.56 Å². The third kappa shape index (κ3) is 3.57. The van der Waals surface area contributed by atoms with Gasteiger partial charge in [-0.25, -0.2) is 4.98 Å². The molecule has 24 heavy (non-hydrogen) atoms. The maximum absolute atomic E-state index is 9.79. The molecule has 0 amide bonds. The van der Waals surface area contributed by atoms with E-state index in [0.29, 0.717) is 10.2 Å². The topological polar surface area (TPSA) is 71.7 Å². The summed E-state index contributed by atoms with van der Waals surface area (Å²) in [4.78, 5) is 4.02. The normalized spacial score (nSPS) is 10.9. The maximum Gasteiger partial charge on any atom is 0.172 e. The Bertz CT molecular complexity index is 846. The van der Waals surface area contributed by atoms with Gasteiger partial charge in [0, 0.05) is 18.1 Å². The van der Waals surface area contributed by atoms with Crippen LogP contribution in [0, 0.1) is 0 Å². The zero-order chi connectivity index (χ0) is 16.9. The van der Waals surface area contributed by atoms with E-state index in [1.165, 1.54) is 7.11 Å². The molecule has 0 radical (unpaired) electrons. The van der Waals surface area contributed by atoms with Crippen LogP contribution in [0.3, 0.4) is 0 Å². The summed E-state index contributed by atoms with van der Waals surface area (Å²) in [5.74, 6) is 0.452. The maximum atomic E-state index is 9.79. The minimum atomic E-state index is 0.0673. The quantitative estimate of drug-likeness (QED) is 0.516. The number of aromatic nitrogens is 2. The highest BCUT2D eigenvalue weighted by Gasteiger charge is 2.07. The van der Waals surface area contributed by atoms with Crippen molar-refractivity contribution >= 4 is 27.8 Å². The largest absolute Gasteiger partial charge is 0.503 e. The Hall–Kier alpha value is -2.80. The predicted molar refractivity (Wildman–Crippen MR) is 97.1 cm³/mol. The second-order valence-corrected chi connectivity index (χ2v) is 5.79. The molecule has 0 aliphatic carbocycles. The number of halogens is 1. The molecule has 0 saturated carbocycles. The van der Waals surface area contributed by atoms with Crippen molar-refractivity contribution in [1.29, 1.82) is 0 Å². The van der Waals surface area contributed by atoms with Gasteiger partial charge in [0.05, 0.1) is 29.8 Å². The Kier molecular flexibility index (Phi) is 4.81. The molecule has 2 aromatic carbocycles. The number of rotatable bonds is 5. The standard InChI is InChI=1S/C17H15BrN4O2/c1-24-16-9-12(8-15(18)17(16)23)10-20-21-13-2-4-14(5-3-13)22-7-6-19-11-22/h2-11,21,23H,1H3/b20-10+. The average molecular weight is 387 g/mol. The van der Waals surface area contributed by atoms with Crippen LogP contribution in [0.2, 0.25) is 0 Å². The number of ether oxygens (including phenoxy) is 1. The van der Waals surface area contributed by atoms with E-state index in [0.717, 1.165) is 16.9 Å². The van der Waals surface area contributed by atoms with E-state index >= 15 is 0 Å². The SMILES string of the molecule is COc1cc(/C=N/Nc2ccc(-n3ccnc3)cc2)cc(Br)c1O. The van der Waals surface area contributed by atoms with Gasteiger partial charge in [-0.05, 0) is 57.9 Å². The fourth-order valence-corrected chi connectivity index (χ4v) is 2.58. The van der Waals surface area contributed by atoms with Gasteiger partial charge in [-0.2, -0.15) is 5.10 Å². The Morgan fingerprint density at radius 1 is 1.29 bits per heavy atom. The van der Waals surface area contributed by atoms with Gasteiger partial charge in [0.1, 0.15) is 0 Å². The lowest BCUT2D eigenvalue weighted by atomic mass is 10.2. The van der Waals surface area contributed by atoms with Crippen molar-refractivity contribution in [2.24, 2.45) is 5.10 Å². The van der Waals surface area contributed by atoms with E-state index in [9.17, 15) is 5.11 Å². The Morgan fingerprint density at radius 3 is 2.75 bits per heavy atom. The summed E-state index contributed by atoms with van der Waals surface area (Å²) in [5.41, 5.74) is 5.64. The van der Waals surface area contributed by atoms with Crippen molar-refractivity contribution in [3.63, 3.8) is 0 Å². The lowest BCUT2D eigenvalue weighted by Crippen LogP contribution is -1.94. The first-order chi connectivity index (χ1) is 11.7. The minimum absolute atomic E-state index is 0.0673. The molecule has 6 nitrogen and oxygen atoms in total. The van der Waals surface area contributed by atoms with Gasteiger partial charge in [0.15, 0.2) is 11.5 Å². The highest BCUT2D eigenvalue weighted by molar-refractivity contribution is 9.10. The molecular weight excluding hydrogens is 372 g/mol. The summed E-state index contributed by atoms with van der Waals surface area (Å²) in [5, 5.41) is 14.0. The van der Waals surface area contributed by atoms with Gasteiger partial charge < -0.3 is 14.4 Å². The molecule has 1 heterocycles. The number of hydrogen-bond donors (Lipinski definition) is 2. The molecule has 0 aliphatic heterocycles. The molecule has 122 valence electrons. The van der Waals surface area contributed by atoms with E-state index in [1.807, 2.05) is 35.0 Å². The molecule has 3 rings (SSSR count). The summed E-state index contributed by atoms with van der Waals surface area (Å²) < 4.78 is 7.58. The lowest BCUT2D eigenvalue weighted by molar-refractivity contribution is 0.372.